The number of piperidine rings is 1. The zero-order valence-corrected chi connectivity index (χ0v) is 16.5. The first-order chi connectivity index (χ1) is 13.9. The van der Waals surface area contributed by atoms with E-state index in [-0.39, 0.29) is 29.5 Å². The number of carbonyl (C=O) groups excluding carboxylic acids is 2. The highest BCUT2D eigenvalue weighted by Crippen LogP contribution is 2.23. The van der Waals surface area contributed by atoms with E-state index in [1.54, 1.807) is 0 Å². The number of hydrogen-bond acceptors (Lipinski definition) is 5. The molecular formula is C20H27F2N3O4. The number of hydrogen-bond donors (Lipinski definition) is 1. The molecule has 2 aliphatic rings. The second kappa shape index (κ2) is 9.98. The number of anilines is 1. The monoisotopic (exact) mass is 411 g/mol. The first-order valence-electron chi connectivity index (χ1n) is 9.90. The largest absolute Gasteiger partial charge is 0.435 e. The molecule has 0 aromatic heterocycles. The Hall–Kier alpha value is -2.26. The van der Waals surface area contributed by atoms with Gasteiger partial charge in [0.15, 0.2) is 0 Å². The molecule has 2 fully saturated rings. The van der Waals surface area contributed by atoms with E-state index in [0.29, 0.717) is 45.1 Å². The lowest BCUT2D eigenvalue weighted by Gasteiger charge is -2.37. The first kappa shape index (κ1) is 21.4. The van der Waals surface area contributed by atoms with Crippen molar-refractivity contribution in [3.8, 4) is 5.75 Å². The van der Waals surface area contributed by atoms with Gasteiger partial charge in [0.25, 0.3) is 0 Å². The zero-order chi connectivity index (χ0) is 20.8. The number of alkyl halides is 2. The fourth-order valence-electron chi connectivity index (χ4n) is 3.71. The third-order valence-electron chi connectivity index (χ3n) is 5.48. The van der Waals surface area contributed by atoms with Gasteiger partial charge < -0.3 is 19.7 Å². The molecule has 0 spiro atoms. The van der Waals surface area contributed by atoms with Gasteiger partial charge in [-0.2, -0.15) is 8.78 Å². The van der Waals surface area contributed by atoms with Gasteiger partial charge in [-0.05, 0) is 57.1 Å². The van der Waals surface area contributed by atoms with Crippen LogP contribution in [0.4, 0.5) is 14.5 Å². The Morgan fingerprint density at radius 2 is 1.72 bits per heavy atom. The van der Waals surface area contributed by atoms with Crippen molar-refractivity contribution in [2.45, 2.75) is 32.4 Å². The molecule has 29 heavy (non-hydrogen) atoms. The standard InChI is InChI=1S/C20H27F2N3O4/c1-14(18(26)23-16-2-4-17(5-3-16)29-20(21)22)24-8-6-15(7-9-24)19(27)25-10-12-28-13-11-25/h2-5,14-15,20H,6-13H2,1H3,(H,23,26). The van der Waals surface area contributed by atoms with E-state index in [1.807, 2.05) is 11.8 Å². The van der Waals surface area contributed by atoms with Crippen molar-refractivity contribution in [1.82, 2.24) is 9.80 Å². The molecule has 1 atom stereocenters. The van der Waals surface area contributed by atoms with Crippen molar-refractivity contribution < 1.29 is 27.8 Å². The van der Waals surface area contributed by atoms with Crippen molar-refractivity contribution in [3.05, 3.63) is 24.3 Å². The molecule has 9 heteroatoms. The number of morpholine rings is 1. The van der Waals surface area contributed by atoms with Crippen LogP contribution in [0.2, 0.25) is 0 Å². The minimum atomic E-state index is -2.88. The molecule has 1 aromatic rings. The summed E-state index contributed by atoms with van der Waals surface area (Å²) in [4.78, 5) is 29.1. The van der Waals surface area contributed by atoms with Gasteiger partial charge in [-0.15, -0.1) is 0 Å². The van der Waals surface area contributed by atoms with Crippen LogP contribution in [0.5, 0.6) is 5.75 Å². The van der Waals surface area contributed by atoms with Gasteiger partial charge in [0.1, 0.15) is 5.75 Å². The lowest BCUT2D eigenvalue weighted by atomic mass is 9.94. The molecule has 0 saturated carbocycles. The minimum Gasteiger partial charge on any atom is -0.435 e. The quantitative estimate of drug-likeness (QED) is 0.777. The average molecular weight is 411 g/mol. The van der Waals surface area contributed by atoms with E-state index < -0.39 is 6.61 Å². The van der Waals surface area contributed by atoms with Gasteiger partial charge in [-0.3, -0.25) is 14.5 Å². The lowest BCUT2D eigenvalue weighted by molar-refractivity contribution is -0.141. The number of amides is 2. The van der Waals surface area contributed by atoms with Crippen LogP contribution in [0.1, 0.15) is 19.8 Å². The number of carbonyl (C=O) groups is 2. The molecule has 2 aliphatic heterocycles. The number of ether oxygens (including phenoxy) is 2. The number of rotatable bonds is 6. The Bertz CT molecular complexity index is 687. The van der Waals surface area contributed by atoms with Crippen LogP contribution < -0.4 is 10.1 Å². The van der Waals surface area contributed by atoms with E-state index in [0.717, 1.165) is 12.8 Å². The molecule has 7 nitrogen and oxygen atoms in total. The summed E-state index contributed by atoms with van der Waals surface area (Å²) < 4.78 is 34.0. The molecule has 2 amide bonds. The lowest BCUT2D eigenvalue weighted by Crippen LogP contribution is -2.50. The maximum absolute atomic E-state index is 12.6. The summed E-state index contributed by atoms with van der Waals surface area (Å²) in [5.74, 6) is 0.0571. The molecule has 0 radical (unpaired) electrons. The van der Waals surface area contributed by atoms with E-state index in [4.69, 9.17) is 4.74 Å². The van der Waals surface area contributed by atoms with Crippen LogP contribution in [0.25, 0.3) is 0 Å². The Kier molecular flexibility index (Phi) is 7.38. The van der Waals surface area contributed by atoms with Crippen molar-refractivity contribution in [2.75, 3.05) is 44.7 Å². The van der Waals surface area contributed by atoms with Crippen LogP contribution in [-0.2, 0) is 14.3 Å². The van der Waals surface area contributed by atoms with Crippen LogP contribution in [-0.4, -0.2) is 73.7 Å². The van der Waals surface area contributed by atoms with Gasteiger partial charge in [-0.25, -0.2) is 0 Å². The third-order valence-corrected chi connectivity index (χ3v) is 5.48. The van der Waals surface area contributed by atoms with E-state index in [9.17, 15) is 18.4 Å². The molecule has 2 heterocycles. The average Bonchev–Trinajstić information content (AvgIpc) is 2.74. The molecule has 3 rings (SSSR count). The summed E-state index contributed by atoms with van der Waals surface area (Å²) in [6.45, 7) is 2.79. The van der Waals surface area contributed by atoms with E-state index >= 15 is 0 Å². The summed E-state index contributed by atoms with van der Waals surface area (Å²) in [6.07, 6.45) is 1.46. The minimum absolute atomic E-state index is 0.00184. The van der Waals surface area contributed by atoms with Crippen LogP contribution in [0, 0.1) is 5.92 Å². The summed E-state index contributed by atoms with van der Waals surface area (Å²) >= 11 is 0. The molecule has 0 bridgehead atoms. The number of nitrogens with one attached hydrogen (secondary N) is 1. The van der Waals surface area contributed by atoms with Gasteiger partial charge >= 0.3 is 6.61 Å². The van der Waals surface area contributed by atoms with Crippen LogP contribution in [0.15, 0.2) is 24.3 Å². The van der Waals surface area contributed by atoms with Crippen LogP contribution in [0.3, 0.4) is 0 Å². The Morgan fingerprint density at radius 1 is 1.10 bits per heavy atom. The Morgan fingerprint density at radius 3 is 2.31 bits per heavy atom. The number of likely N-dealkylation sites (tertiary alicyclic amines) is 1. The SMILES string of the molecule is CC(C(=O)Nc1ccc(OC(F)F)cc1)N1CCC(C(=O)N2CCOCC2)CC1. The molecule has 160 valence electrons. The summed E-state index contributed by atoms with van der Waals surface area (Å²) in [7, 11) is 0. The predicted octanol–water partition coefficient (Wildman–Crippen LogP) is 2.19. The molecule has 1 unspecified atom stereocenters. The van der Waals surface area contributed by atoms with Crippen molar-refractivity contribution in [2.24, 2.45) is 5.92 Å². The summed E-state index contributed by atoms with van der Waals surface area (Å²) in [5.41, 5.74) is 0.515. The normalized spacial score (nSPS) is 19.8. The zero-order valence-electron chi connectivity index (χ0n) is 16.5. The van der Waals surface area contributed by atoms with Gasteiger partial charge in [0.2, 0.25) is 11.8 Å². The maximum atomic E-state index is 12.6. The maximum Gasteiger partial charge on any atom is 0.387 e. The molecule has 0 aliphatic carbocycles. The topological polar surface area (TPSA) is 71.1 Å². The fraction of sp³-hybridized carbons (Fsp3) is 0.600. The predicted molar refractivity (Wildman–Crippen MR) is 103 cm³/mol. The highest BCUT2D eigenvalue weighted by atomic mass is 19.3. The first-order valence-corrected chi connectivity index (χ1v) is 9.90. The van der Waals surface area contributed by atoms with Crippen molar-refractivity contribution in [1.29, 1.82) is 0 Å². The van der Waals surface area contributed by atoms with Gasteiger partial charge in [-0.1, -0.05) is 0 Å². The number of nitrogens with zero attached hydrogens (tertiary/aromatic N) is 2. The van der Waals surface area contributed by atoms with E-state index in [2.05, 4.69) is 15.0 Å². The second-order valence-electron chi connectivity index (χ2n) is 7.32. The Labute approximate surface area is 168 Å². The number of benzene rings is 1. The third kappa shape index (κ3) is 5.86. The van der Waals surface area contributed by atoms with Crippen molar-refractivity contribution >= 4 is 17.5 Å². The Balaban J connectivity index is 1.46. The molecule has 2 saturated heterocycles. The fourth-order valence-corrected chi connectivity index (χ4v) is 3.71. The smallest absolute Gasteiger partial charge is 0.387 e. The molecule has 1 aromatic carbocycles. The van der Waals surface area contributed by atoms with E-state index in [1.165, 1.54) is 24.3 Å². The summed E-state index contributed by atoms with van der Waals surface area (Å²) in [6, 6.07) is 5.46. The molecular weight excluding hydrogens is 384 g/mol. The highest BCUT2D eigenvalue weighted by molar-refractivity contribution is 5.94. The second-order valence-corrected chi connectivity index (χ2v) is 7.32. The highest BCUT2D eigenvalue weighted by Gasteiger charge is 2.32. The number of halogens is 2. The van der Waals surface area contributed by atoms with Gasteiger partial charge in [0, 0.05) is 24.7 Å². The molecule has 1 N–H and O–H groups in total. The van der Waals surface area contributed by atoms with Gasteiger partial charge in [0.05, 0.1) is 19.3 Å². The van der Waals surface area contributed by atoms with Crippen molar-refractivity contribution in [3.63, 3.8) is 0 Å². The van der Waals surface area contributed by atoms with Crippen LogP contribution >= 0.6 is 0 Å². The summed E-state index contributed by atoms with van der Waals surface area (Å²) in [5, 5.41) is 2.79.